The molecule has 0 bridgehead atoms. The molecular weight excluding hydrogens is 260 g/mol. The number of hydrogen-bond donors (Lipinski definition) is 0. The van der Waals surface area contributed by atoms with E-state index in [0.29, 0.717) is 21.5 Å². The monoisotopic (exact) mass is 274 g/mol. The zero-order valence-corrected chi connectivity index (χ0v) is 10.9. The summed E-state index contributed by atoms with van der Waals surface area (Å²) in [5, 5.41) is 0. The van der Waals surface area contributed by atoms with Crippen molar-refractivity contribution < 1.29 is 14.3 Å². The molecule has 0 atom stereocenters. The van der Waals surface area contributed by atoms with Gasteiger partial charge in [-0.15, -0.1) is 0 Å². The molecule has 0 spiro atoms. The highest BCUT2D eigenvalue weighted by molar-refractivity contribution is 9.10. The minimum absolute atomic E-state index is 0.541. The fourth-order valence-corrected chi connectivity index (χ4v) is 1.63. The van der Waals surface area contributed by atoms with Crippen LogP contribution in [0.25, 0.3) is 0 Å². The lowest BCUT2D eigenvalue weighted by Gasteiger charge is -2.09. The van der Waals surface area contributed by atoms with Crippen molar-refractivity contribution in [1.82, 2.24) is 0 Å². The average Bonchev–Trinajstić information content (AvgIpc) is 2.30. The van der Waals surface area contributed by atoms with Crippen LogP contribution in [0.3, 0.4) is 0 Å². The molecule has 0 N–H and O–H groups in total. The largest absolute Gasteiger partial charge is 0.493 e. The van der Waals surface area contributed by atoms with E-state index in [1.807, 2.05) is 13.8 Å². The summed E-state index contributed by atoms with van der Waals surface area (Å²) in [7, 11) is 3.07. The second kappa shape index (κ2) is 7.29. The first kappa shape index (κ1) is 14.0. The zero-order valence-electron chi connectivity index (χ0n) is 9.33. The third-order valence-corrected chi connectivity index (χ3v) is 2.18. The molecule has 15 heavy (non-hydrogen) atoms. The molecule has 4 heteroatoms. The van der Waals surface area contributed by atoms with Gasteiger partial charge in [0.25, 0.3) is 0 Å². The van der Waals surface area contributed by atoms with Gasteiger partial charge in [-0.1, -0.05) is 13.8 Å². The molecule has 0 aliphatic carbocycles. The molecule has 0 saturated heterocycles. The molecular formula is C11H15BrO3. The third kappa shape index (κ3) is 3.55. The van der Waals surface area contributed by atoms with Crippen LogP contribution in [0.4, 0.5) is 0 Å². The maximum absolute atomic E-state index is 10.5. The quantitative estimate of drug-likeness (QED) is 0.794. The lowest BCUT2D eigenvalue weighted by molar-refractivity contribution is 0.112. The fraction of sp³-hybridized carbons (Fsp3) is 0.364. The lowest BCUT2D eigenvalue weighted by Crippen LogP contribution is -1.93. The second-order valence-electron chi connectivity index (χ2n) is 2.36. The van der Waals surface area contributed by atoms with E-state index in [0.717, 1.165) is 6.29 Å². The Morgan fingerprint density at radius 1 is 1.20 bits per heavy atom. The molecule has 0 unspecified atom stereocenters. The Morgan fingerprint density at radius 3 is 2.20 bits per heavy atom. The predicted molar refractivity (Wildman–Crippen MR) is 64.0 cm³/mol. The lowest BCUT2D eigenvalue weighted by atomic mass is 10.2. The van der Waals surface area contributed by atoms with E-state index in [2.05, 4.69) is 15.9 Å². The Kier molecular flexibility index (Phi) is 6.79. The number of aldehydes is 1. The molecule has 0 radical (unpaired) electrons. The first-order valence-electron chi connectivity index (χ1n) is 4.59. The van der Waals surface area contributed by atoms with Gasteiger partial charge in [0.05, 0.1) is 18.7 Å². The first-order valence-corrected chi connectivity index (χ1v) is 5.39. The minimum Gasteiger partial charge on any atom is -0.493 e. The molecule has 1 rings (SSSR count). The number of carbonyl (C=O) groups is 1. The molecule has 0 aliphatic rings. The van der Waals surface area contributed by atoms with Crippen LogP contribution < -0.4 is 9.47 Å². The number of halogens is 1. The Balaban J connectivity index is 0.000000921. The highest BCUT2D eigenvalue weighted by atomic mass is 79.9. The van der Waals surface area contributed by atoms with Gasteiger partial charge in [0.15, 0.2) is 11.5 Å². The molecule has 1 aromatic carbocycles. The Hall–Kier alpha value is -1.03. The molecule has 0 fully saturated rings. The highest BCUT2D eigenvalue weighted by Gasteiger charge is 2.09. The number of ether oxygens (including phenoxy) is 2. The van der Waals surface area contributed by atoms with Crippen molar-refractivity contribution in [3.05, 3.63) is 22.2 Å². The van der Waals surface area contributed by atoms with Crippen molar-refractivity contribution in [2.24, 2.45) is 0 Å². The normalized spacial score (nSPS) is 8.60. The average molecular weight is 275 g/mol. The van der Waals surface area contributed by atoms with Gasteiger partial charge in [-0.25, -0.2) is 0 Å². The van der Waals surface area contributed by atoms with Gasteiger partial charge < -0.3 is 9.47 Å². The van der Waals surface area contributed by atoms with Gasteiger partial charge in [-0.3, -0.25) is 4.79 Å². The van der Waals surface area contributed by atoms with Gasteiger partial charge in [-0.05, 0) is 28.1 Å². The molecule has 0 heterocycles. The summed E-state index contributed by atoms with van der Waals surface area (Å²) in [4.78, 5) is 10.5. The van der Waals surface area contributed by atoms with Gasteiger partial charge in [0, 0.05) is 5.56 Å². The molecule has 0 aliphatic heterocycles. The summed E-state index contributed by atoms with van der Waals surface area (Å²) >= 11 is 3.28. The summed E-state index contributed by atoms with van der Waals surface area (Å²) in [5.41, 5.74) is 0.546. The molecule has 0 amide bonds. The van der Waals surface area contributed by atoms with E-state index in [9.17, 15) is 4.79 Å². The van der Waals surface area contributed by atoms with Crippen LogP contribution in [0.1, 0.15) is 24.2 Å². The van der Waals surface area contributed by atoms with Crippen molar-refractivity contribution in [2.75, 3.05) is 14.2 Å². The van der Waals surface area contributed by atoms with Crippen LogP contribution in [0, 0.1) is 0 Å². The summed E-state index contributed by atoms with van der Waals surface area (Å²) in [6, 6.07) is 3.30. The van der Waals surface area contributed by atoms with Crippen LogP contribution >= 0.6 is 15.9 Å². The van der Waals surface area contributed by atoms with E-state index < -0.39 is 0 Å². The number of hydrogen-bond acceptors (Lipinski definition) is 3. The van der Waals surface area contributed by atoms with Crippen LogP contribution in [0.5, 0.6) is 11.5 Å². The van der Waals surface area contributed by atoms with E-state index in [1.165, 1.54) is 7.11 Å². The van der Waals surface area contributed by atoms with E-state index >= 15 is 0 Å². The highest BCUT2D eigenvalue weighted by Crippen LogP contribution is 2.35. The van der Waals surface area contributed by atoms with Gasteiger partial charge in [-0.2, -0.15) is 0 Å². The van der Waals surface area contributed by atoms with Crippen molar-refractivity contribution in [1.29, 1.82) is 0 Å². The van der Waals surface area contributed by atoms with Gasteiger partial charge in [0.2, 0.25) is 0 Å². The maximum atomic E-state index is 10.5. The molecule has 0 saturated carbocycles. The van der Waals surface area contributed by atoms with Crippen molar-refractivity contribution in [3.63, 3.8) is 0 Å². The Bertz CT molecular complexity index is 324. The number of benzene rings is 1. The smallest absolute Gasteiger partial charge is 0.174 e. The molecule has 3 nitrogen and oxygen atoms in total. The summed E-state index contributed by atoms with van der Waals surface area (Å²) in [5.74, 6) is 1.13. The number of carbonyl (C=O) groups excluding carboxylic acids is 1. The summed E-state index contributed by atoms with van der Waals surface area (Å²) < 4.78 is 10.8. The van der Waals surface area contributed by atoms with Crippen LogP contribution in [0.2, 0.25) is 0 Å². The molecule has 0 aromatic heterocycles. The molecule has 1 aromatic rings. The van der Waals surface area contributed by atoms with Gasteiger partial charge >= 0.3 is 0 Å². The first-order chi connectivity index (χ1) is 7.22. The summed E-state index contributed by atoms with van der Waals surface area (Å²) in [6.07, 6.45) is 0.757. The summed E-state index contributed by atoms with van der Waals surface area (Å²) in [6.45, 7) is 4.00. The predicted octanol–water partition coefficient (Wildman–Crippen LogP) is 3.31. The van der Waals surface area contributed by atoms with Crippen molar-refractivity contribution >= 4 is 22.2 Å². The van der Waals surface area contributed by atoms with Crippen LogP contribution in [0.15, 0.2) is 16.6 Å². The topological polar surface area (TPSA) is 35.5 Å². The Labute approximate surface area is 98.5 Å². The third-order valence-electron chi connectivity index (χ3n) is 1.59. The molecule has 84 valence electrons. The Morgan fingerprint density at radius 2 is 1.80 bits per heavy atom. The van der Waals surface area contributed by atoms with E-state index in [1.54, 1.807) is 19.2 Å². The SMILES string of the molecule is CC.COc1cc(C=O)cc(Br)c1OC. The van der Waals surface area contributed by atoms with Crippen molar-refractivity contribution in [2.45, 2.75) is 13.8 Å². The fourth-order valence-electron chi connectivity index (χ4n) is 1.01. The van der Waals surface area contributed by atoms with Crippen molar-refractivity contribution in [3.8, 4) is 11.5 Å². The van der Waals surface area contributed by atoms with Gasteiger partial charge in [0.1, 0.15) is 6.29 Å². The van der Waals surface area contributed by atoms with E-state index in [-0.39, 0.29) is 0 Å². The zero-order chi connectivity index (χ0) is 11.8. The number of rotatable bonds is 3. The maximum Gasteiger partial charge on any atom is 0.174 e. The van der Waals surface area contributed by atoms with E-state index in [4.69, 9.17) is 9.47 Å². The minimum atomic E-state index is 0.541. The van der Waals surface area contributed by atoms with Crippen LogP contribution in [-0.2, 0) is 0 Å². The van der Waals surface area contributed by atoms with Crippen LogP contribution in [-0.4, -0.2) is 20.5 Å². The second-order valence-corrected chi connectivity index (χ2v) is 3.21. The number of methoxy groups -OCH3 is 2. The standard InChI is InChI=1S/C9H9BrO3.C2H6/c1-12-8-4-6(5-11)3-7(10)9(8)13-2;1-2/h3-5H,1-2H3;1-2H3.